The van der Waals surface area contributed by atoms with Crippen molar-refractivity contribution in [3.8, 4) is 17.0 Å². The molecule has 1 aliphatic rings. The summed E-state index contributed by atoms with van der Waals surface area (Å²) >= 11 is 0. The lowest BCUT2D eigenvalue weighted by Gasteiger charge is -2.13. The van der Waals surface area contributed by atoms with Crippen LogP contribution in [0.3, 0.4) is 0 Å². The Balaban J connectivity index is 1.97. The van der Waals surface area contributed by atoms with Crippen LogP contribution in [0.4, 0.5) is 0 Å². The van der Waals surface area contributed by atoms with Gasteiger partial charge in [0.2, 0.25) is 0 Å². The van der Waals surface area contributed by atoms with Crippen LogP contribution in [0.25, 0.3) is 11.3 Å². The topological polar surface area (TPSA) is 62.6 Å². The second-order valence-electron chi connectivity index (χ2n) is 5.46. The average Bonchev–Trinajstić information content (AvgIpc) is 3.24. The Kier molecular flexibility index (Phi) is 4.62. The van der Waals surface area contributed by atoms with E-state index in [4.69, 9.17) is 14.2 Å². The minimum atomic E-state index is -0.444. The lowest BCUT2D eigenvalue weighted by Crippen LogP contribution is -2.17. The third kappa shape index (κ3) is 3.37. The number of esters is 1. The molecule has 1 aliphatic heterocycles. The van der Waals surface area contributed by atoms with E-state index in [-0.39, 0.29) is 6.10 Å². The lowest BCUT2D eigenvalue weighted by atomic mass is 10.1. The summed E-state index contributed by atoms with van der Waals surface area (Å²) < 4.78 is 17.6. The van der Waals surface area contributed by atoms with E-state index in [1.807, 2.05) is 28.9 Å². The fraction of sp³-hybridized carbons (Fsp3) is 0.412. The van der Waals surface area contributed by atoms with Crippen molar-refractivity contribution in [1.29, 1.82) is 0 Å². The standard InChI is InChI=1S/C17H20N2O4/c1-21-13-6-3-5-12(9-13)16-10-15(17(20)22-2)18-19(16)11-14-7-4-8-23-14/h3,5-6,9-10,14H,4,7-8,11H2,1-2H3. The highest BCUT2D eigenvalue weighted by Crippen LogP contribution is 2.26. The molecule has 2 aromatic rings. The molecule has 0 bridgehead atoms. The summed E-state index contributed by atoms with van der Waals surface area (Å²) in [6, 6.07) is 9.42. The van der Waals surface area contributed by atoms with Gasteiger partial charge in [0.25, 0.3) is 0 Å². The molecule has 3 rings (SSSR count). The number of ether oxygens (including phenoxy) is 3. The predicted molar refractivity (Wildman–Crippen MR) is 84.5 cm³/mol. The Morgan fingerprint density at radius 1 is 1.39 bits per heavy atom. The van der Waals surface area contributed by atoms with E-state index in [0.29, 0.717) is 12.2 Å². The highest BCUT2D eigenvalue weighted by molar-refractivity contribution is 5.88. The Morgan fingerprint density at radius 2 is 2.26 bits per heavy atom. The molecule has 1 atom stereocenters. The van der Waals surface area contributed by atoms with Gasteiger partial charge in [-0.3, -0.25) is 4.68 Å². The fourth-order valence-corrected chi connectivity index (χ4v) is 2.76. The maximum atomic E-state index is 11.8. The summed E-state index contributed by atoms with van der Waals surface area (Å²) in [4.78, 5) is 11.8. The van der Waals surface area contributed by atoms with Crippen molar-refractivity contribution in [2.45, 2.75) is 25.5 Å². The molecular weight excluding hydrogens is 296 g/mol. The monoisotopic (exact) mass is 316 g/mol. The number of carbonyl (C=O) groups excluding carboxylic acids is 1. The van der Waals surface area contributed by atoms with Crippen molar-refractivity contribution in [1.82, 2.24) is 9.78 Å². The first-order chi connectivity index (χ1) is 11.2. The molecule has 6 nitrogen and oxygen atoms in total. The summed E-state index contributed by atoms with van der Waals surface area (Å²) in [7, 11) is 2.98. The molecule has 1 saturated heterocycles. The summed E-state index contributed by atoms with van der Waals surface area (Å²) in [5.74, 6) is 0.312. The van der Waals surface area contributed by atoms with Crippen LogP contribution in [-0.4, -0.2) is 42.7 Å². The van der Waals surface area contributed by atoms with Crippen LogP contribution in [0, 0.1) is 0 Å². The van der Waals surface area contributed by atoms with Gasteiger partial charge in [0.1, 0.15) is 5.75 Å². The largest absolute Gasteiger partial charge is 0.497 e. The van der Waals surface area contributed by atoms with E-state index in [0.717, 1.165) is 36.5 Å². The molecule has 1 aromatic heterocycles. The van der Waals surface area contributed by atoms with Crippen LogP contribution in [0.5, 0.6) is 5.75 Å². The van der Waals surface area contributed by atoms with Gasteiger partial charge < -0.3 is 14.2 Å². The van der Waals surface area contributed by atoms with E-state index in [2.05, 4.69) is 5.10 Å². The molecular formula is C17H20N2O4. The average molecular weight is 316 g/mol. The van der Waals surface area contributed by atoms with E-state index in [1.165, 1.54) is 7.11 Å². The number of hydrogen-bond donors (Lipinski definition) is 0. The van der Waals surface area contributed by atoms with Gasteiger partial charge in [-0.1, -0.05) is 12.1 Å². The normalized spacial score (nSPS) is 17.2. The van der Waals surface area contributed by atoms with Crippen LogP contribution in [-0.2, 0) is 16.0 Å². The van der Waals surface area contributed by atoms with Gasteiger partial charge in [0.15, 0.2) is 5.69 Å². The van der Waals surface area contributed by atoms with Crippen molar-refractivity contribution in [3.05, 3.63) is 36.0 Å². The van der Waals surface area contributed by atoms with Gasteiger partial charge in [0, 0.05) is 12.2 Å². The lowest BCUT2D eigenvalue weighted by molar-refractivity contribution is 0.0590. The van der Waals surface area contributed by atoms with Crippen LogP contribution in [0.15, 0.2) is 30.3 Å². The number of benzene rings is 1. The highest BCUT2D eigenvalue weighted by atomic mass is 16.5. The van der Waals surface area contributed by atoms with Crippen molar-refractivity contribution in [2.24, 2.45) is 0 Å². The van der Waals surface area contributed by atoms with Crippen molar-refractivity contribution >= 4 is 5.97 Å². The molecule has 0 saturated carbocycles. The van der Waals surface area contributed by atoms with Crippen LogP contribution in [0.1, 0.15) is 23.3 Å². The molecule has 6 heteroatoms. The first-order valence-corrected chi connectivity index (χ1v) is 7.63. The Bertz CT molecular complexity index is 690. The third-order valence-electron chi connectivity index (χ3n) is 3.94. The molecule has 2 heterocycles. The number of rotatable bonds is 5. The van der Waals surface area contributed by atoms with Gasteiger partial charge in [-0.05, 0) is 31.0 Å². The Hall–Kier alpha value is -2.34. The summed E-state index contributed by atoms with van der Waals surface area (Å²) in [6.07, 6.45) is 2.19. The molecule has 1 aromatic carbocycles. The molecule has 1 fully saturated rings. The number of methoxy groups -OCH3 is 2. The molecule has 0 amide bonds. The van der Waals surface area contributed by atoms with Crippen molar-refractivity contribution in [2.75, 3.05) is 20.8 Å². The van der Waals surface area contributed by atoms with E-state index in [9.17, 15) is 4.79 Å². The maximum Gasteiger partial charge on any atom is 0.358 e. The van der Waals surface area contributed by atoms with Crippen LogP contribution >= 0.6 is 0 Å². The third-order valence-corrected chi connectivity index (χ3v) is 3.94. The second-order valence-corrected chi connectivity index (χ2v) is 5.46. The zero-order valence-electron chi connectivity index (χ0n) is 13.3. The fourth-order valence-electron chi connectivity index (χ4n) is 2.76. The Labute approximate surface area is 135 Å². The first kappa shape index (κ1) is 15.6. The SMILES string of the molecule is COC(=O)c1cc(-c2cccc(OC)c2)n(CC2CCCO2)n1. The molecule has 0 radical (unpaired) electrons. The predicted octanol–water partition coefficient (Wildman–Crippen LogP) is 2.52. The quantitative estimate of drug-likeness (QED) is 0.793. The van der Waals surface area contributed by atoms with E-state index >= 15 is 0 Å². The van der Waals surface area contributed by atoms with E-state index < -0.39 is 5.97 Å². The van der Waals surface area contributed by atoms with Gasteiger partial charge in [-0.15, -0.1) is 0 Å². The van der Waals surface area contributed by atoms with Gasteiger partial charge in [0.05, 0.1) is 32.6 Å². The number of hydrogen-bond acceptors (Lipinski definition) is 5. The molecule has 122 valence electrons. The van der Waals surface area contributed by atoms with E-state index in [1.54, 1.807) is 13.2 Å². The number of aromatic nitrogens is 2. The number of nitrogens with zero attached hydrogens (tertiary/aromatic N) is 2. The molecule has 0 aliphatic carbocycles. The van der Waals surface area contributed by atoms with Gasteiger partial charge in [-0.2, -0.15) is 5.10 Å². The summed E-state index contributed by atoms with van der Waals surface area (Å²) in [6.45, 7) is 1.40. The van der Waals surface area contributed by atoms with Crippen LogP contribution < -0.4 is 4.74 Å². The van der Waals surface area contributed by atoms with Gasteiger partial charge in [-0.25, -0.2) is 4.79 Å². The molecule has 23 heavy (non-hydrogen) atoms. The second kappa shape index (κ2) is 6.83. The number of carbonyl (C=O) groups is 1. The highest BCUT2D eigenvalue weighted by Gasteiger charge is 2.21. The molecule has 1 unspecified atom stereocenters. The summed E-state index contributed by atoms with van der Waals surface area (Å²) in [5, 5.41) is 4.40. The molecule has 0 spiro atoms. The summed E-state index contributed by atoms with van der Waals surface area (Å²) in [5.41, 5.74) is 2.08. The Morgan fingerprint density at radius 3 is 2.96 bits per heavy atom. The smallest absolute Gasteiger partial charge is 0.358 e. The molecule has 0 N–H and O–H groups in total. The van der Waals surface area contributed by atoms with Crippen LogP contribution in [0.2, 0.25) is 0 Å². The van der Waals surface area contributed by atoms with Crippen molar-refractivity contribution in [3.63, 3.8) is 0 Å². The zero-order chi connectivity index (χ0) is 16.2. The van der Waals surface area contributed by atoms with Crippen molar-refractivity contribution < 1.29 is 19.0 Å². The minimum Gasteiger partial charge on any atom is -0.497 e. The maximum absolute atomic E-state index is 11.8. The zero-order valence-corrected chi connectivity index (χ0v) is 13.3. The first-order valence-electron chi connectivity index (χ1n) is 7.63. The van der Waals surface area contributed by atoms with Gasteiger partial charge >= 0.3 is 5.97 Å². The minimum absolute atomic E-state index is 0.129.